The largest absolute Gasteiger partial charge is 0.316 e. The van der Waals surface area contributed by atoms with Crippen LogP contribution in [0, 0.1) is 65.1 Å². The second kappa shape index (κ2) is 15.0. The van der Waals surface area contributed by atoms with Gasteiger partial charge in [0.2, 0.25) is 0 Å². The smallest absolute Gasteiger partial charge is 0.0250 e. The molecule has 0 aromatic heterocycles. The highest BCUT2D eigenvalue weighted by Gasteiger charge is 2.46. The van der Waals surface area contributed by atoms with Crippen LogP contribution >= 0.6 is 0 Å². The zero-order valence-electron chi connectivity index (χ0n) is 28.1. The highest BCUT2D eigenvalue weighted by atomic mass is 14.9. The Kier molecular flexibility index (Phi) is 10.7. The van der Waals surface area contributed by atoms with Gasteiger partial charge in [-0.1, -0.05) is 73.6 Å². The van der Waals surface area contributed by atoms with Gasteiger partial charge in [-0.2, -0.15) is 0 Å². The number of hydrogen-bond acceptors (Lipinski definition) is 2. The lowest BCUT2D eigenvalue weighted by Crippen LogP contribution is -2.43. The Balaban J connectivity index is 0.998. The Bertz CT molecular complexity index is 1070. The highest BCUT2D eigenvalue weighted by Crippen LogP contribution is 2.54. The summed E-state index contributed by atoms with van der Waals surface area (Å²) in [7, 11) is 0. The van der Waals surface area contributed by atoms with E-state index in [0.29, 0.717) is 6.04 Å². The summed E-state index contributed by atoms with van der Waals surface area (Å²) in [5.74, 6) is 9.42. The quantitative estimate of drug-likeness (QED) is 0.245. The van der Waals surface area contributed by atoms with Crippen LogP contribution in [-0.2, 0) is 0 Å². The van der Waals surface area contributed by atoms with Crippen LogP contribution in [0.4, 0.5) is 0 Å². The molecule has 0 amide bonds. The van der Waals surface area contributed by atoms with Crippen molar-refractivity contribution < 1.29 is 0 Å². The van der Waals surface area contributed by atoms with E-state index in [9.17, 15) is 0 Å². The van der Waals surface area contributed by atoms with Gasteiger partial charge in [-0.05, 0) is 174 Å². The standard InChI is InChI=1S/C42H64N2/c1-30(37-24-25-42(41-16-8-7-15-39(37)41)40-17-9-11-33-10-5-6-14-38(33)40)18-19-34(29-44-36-12-3-2-4-13-36)31-20-22-32(23-21-31)35-26-27-43-28-35/h3,6-7,9,12,14-15,17,22,30-31,33-44H,2,4-5,8,10-11,13,16,18-21,23-29H2,1H3. The molecule has 0 bridgehead atoms. The first kappa shape index (κ1) is 31.2. The van der Waals surface area contributed by atoms with Crippen LogP contribution in [0.2, 0.25) is 0 Å². The average Bonchev–Trinajstić information content (AvgIpc) is 3.63. The van der Waals surface area contributed by atoms with Crippen LogP contribution in [0.1, 0.15) is 110 Å². The van der Waals surface area contributed by atoms with Crippen LogP contribution in [0.5, 0.6) is 0 Å². The predicted octanol–water partition coefficient (Wildman–Crippen LogP) is 9.82. The Hall–Kier alpha value is -1.38. The summed E-state index contributed by atoms with van der Waals surface area (Å²) in [6.07, 6.45) is 45.4. The van der Waals surface area contributed by atoms with E-state index in [2.05, 4.69) is 72.2 Å². The fourth-order valence-corrected chi connectivity index (χ4v) is 11.5. The van der Waals surface area contributed by atoms with Crippen LogP contribution in [0.15, 0.2) is 60.3 Å². The maximum Gasteiger partial charge on any atom is 0.0250 e. The molecule has 1 saturated carbocycles. The molecular formula is C42H64N2. The lowest BCUT2D eigenvalue weighted by molar-refractivity contribution is 0.0305. The van der Waals surface area contributed by atoms with Gasteiger partial charge in [-0.3, -0.25) is 0 Å². The first-order chi connectivity index (χ1) is 21.7. The lowest BCUT2D eigenvalue weighted by atomic mass is 9.54. The van der Waals surface area contributed by atoms with E-state index in [1.807, 2.05) is 0 Å². The Labute approximate surface area is 270 Å². The second-order valence-corrected chi connectivity index (χ2v) is 16.4. The minimum Gasteiger partial charge on any atom is -0.316 e. The van der Waals surface area contributed by atoms with Gasteiger partial charge < -0.3 is 10.6 Å². The van der Waals surface area contributed by atoms with Crippen molar-refractivity contribution in [3.05, 3.63) is 60.3 Å². The maximum atomic E-state index is 4.06. The molecule has 0 spiro atoms. The third-order valence-corrected chi connectivity index (χ3v) is 14.1. The van der Waals surface area contributed by atoms with Gasteiger partial charge in [0.05, 0.1) is 0 Å². The number of allylic oxidation sites excluding steroid dienone is 8. The van der Waals surface area contributed by atoms with Crippen molar-refractivity contribution in [2.45, 2.75) is 116 Å². The third kappa shape index (κ3) is 7.12. The van der Waals surface area contributed by atoms with Crippen molar-refractivity contribution in [2.24, 2.45) is 65.1 Å². The molecule has 1 saturated heterocycles. The molecule has 1 heterocycles. The van der Waals surface area contributed by atoms with E-state index < -0.39 is 0 Å². The summed E-state index contributed by atoms with van der Waals surface area (Å²) in [6.45, 7) is 6.33. The number of rotatable bonds is 10. The van der Waals surface area contributed by atoms with E-state index in [1.54, 1.807) is 5.57 Å². The van der Waals surface area contributed by atoms with Crippen molar-refractivity contribution in [1.29, 1.82) is 0 Å². The Morgan fingerprint density at radius 2 is 1.61 bits per heavy atom. The first-order valence-corrected chi connectivity index (χ1v) is 19.5. The Morgan fingerprint density at radius 1 is 0.773 bits per heavy atom. The molecule has 2 nitrogen and oxygen atoms in total. The van der Waals surface area contributed by atoms with Gasteiger partial charge in [0.1, 0.15) is 0 Å². The summed E-state index contributed by atoms with van der Waals surface area (Å²) in [6, 6.07) is 0.610. The van der Waals surface area contributed by atoms with Gasteiger partial charge in [0.25, 0.3) is 0 Å². The monoisotopic (exact) mass is 597 g/mol. The molecule has 44 heavy (non-hydrogen) atoms. The average molecular weight is 597 g/mol. The molecule has 7 rings (SSSR count). The molecule has 12 unspecified atom stereocenters. The first-order valence-electron chi connectivity index (χ1n) is 19.5. The number of fused-ring (bicyclic) bond motifs is 2. The van der Waals surface area contributed by atoms with Crippen molar-refractivity contribution in [3.63, 3.8) is 0 Å². The zero-order chi connectivity index (χ0) is 29.7. The molecule has 7 aliphatic rings. The molecule has 0 radical (unpaired) electrons. The molecular weight excluding hydrogens is 532 g/mol. The fraction of sp³-hybridized carbons (Fsp3) is 0.762. The maximum absolute atomic E-state index is 4.06. The van der Waals surface area contributed by atoms with Crippen molar-refractivity contribution in [3.8, 4) is 0 Å². The topological polar surface area (TPSA) is 24.1 Å². The summed E-state index contributed by atoms with van der Waals surface area (Å²) in [5.41, 5.74) is 1.79. The van der Waals surface area contributed by atoms with E-state index in [-0.39, 0.29) is 0 Å². The number of nitrogens with one attached hydrogen (secondary N) is 2. The fourth-order valence-electron chi connectivity index (χ4n) is 11.5. The van der Waals surface area contributed by atoms with Crippen LogP contribution in [-0.4, -0.2) is 25.7 Å². The molecule has 242 valence electrons. The van der Waals surface area contributed by atoms with Crippen LogP contribution in [0.25, 0.3) is 0 Å². The zero-order valence-corrected chi connectivity index (χ0v) is 28.1. The van der Waals surface area contributed by atoms with Gasteiger partial charge in [-0.25, -0.2) is 0 Å². The number of hydrogen-bond donors (Lipinski definition) is 2. The highest BCUT2D eigenvalue weighted by molar-refractivity contribution is 5.16. The second-order valence-electron chi connectivity index (χ2n) is 16.4. The Morgan fingerprint density at radius 3 is 2.43 bits per heavy atom. The summed E-state index contributed by atoms with van der Waals surface area (Å²) in [5, 5.41) is 7.67. The van der Waals surface area contributed by atoms with Gasteiger partial charge >= 0.3 is 0 Å². The molecule has 2 heteroatoms. The van der Waals surface area contributed by atoms with Crippen molar-refractivity contribution in [2.75, 3.05) is 19.6 Å². The molecule has 12 atom stereocenters. The lowest BCUT2D eigenvalue weighted by Gasteiger charge is -2.51. The van der Waals surface area contributed by atoms with Crippen LogP contribution in [0.3, 0.4) is 0 Å². The molecule has 2 N–H and O–H groups in total. The SMILES string of the molecule is CC(CCC(CNC1C=CCCC1)C1CC=C(C2CCNC2)CC1)C1CCC(C2C=CCC3CCC=CC32)C2CCC=CC12. The van der Waals surface area contributed by atoms with Gasteiger partial charge in [-0.15, -0.1) is 0 Å². The van der Waals surface area contributed by atoms with Crippen molar-refractivity contribution in [1.82, 2.24) is 10.6 Å². The third-order valence-electron chi connectivity index (χ3n) is 14.1. The van der Waals surface area contributed by atoms with Gasteiger partial charge in [0.15, 0.2) is 0 Å². The van der Waals surface area contributed by atoms with Gasteiger partial charge in [0, 0.05) is 12.6 Å². The van der Waals surface area contributed by atoms with Crippen LogP contribution < -0.4 is 10.6 Å². The van der Waals surface area contributed by atoms with E-state index in [4.69, 9.17) is 0 Å². The van der Waals surface area contributed by atoms with E-state index in [1.165, 1.54) is 122 Å². The molecule has 1 aliphatic heterocycles. The molecule has 2 fully saturated rings. The van der Waals surface area contributed by atoms with Crippen molar-refractivity contribution >= 4 is 0 Å². The molecule has 0 aromatic carbocycles. The minimum atomic E-state index is 0.610. The molecule has 6 aliphatic carbocycles. The van der Waals surface area contributed by atoms with E-state index >= 15 is 0 Å². The van der Waals surface area contributed by atoms with E-state index in [0.717, 1.165) is 65.1 Å². The normalized spacial score (nSPS) is 41.5. The molecule has 0 aromatic rings. The predicted molar refractivity (Wildman–Crippen MR) is 187 cm³/mol. The summed E-state index contributed by atoms with van der Waals surface area (Å²) < 4.78 is 0. The summed E-state index contributed by atoms with van der Waals surface area (Å²) in [4.78, 5) is 0. The summed E-state index contributed by atoms with van der Waals surface area (Å²) >= 11 is 0. The minimum absolute atomic E-state index is 0.610.